The number of rotatable bonds is 7. The average molecular weight is 458 g/mol. The van der Waals surface area contributed by atoms with Crippen LogP contribution < -0.4 is 10.0 Å². The first-order valence-electron chi connectivity index (χ1n) is 9.88. The van der Waals surface area contributed by atoms with Crippen molar-refractivity contribution in [2.24, 2.45) is 5.92 Å². The van der Waals surface area contributed by atoms with Crippen molar-refractivity contribution in [2.45, 2.75) is 37.8 Å². The number of anilines is 2. The van der Waals surface area contributed by atoms with Crippen molar-refractivity contribution in [3.63, 3.8) is 0 Å². The van der Waals surface area contributed by atoms with Gasteiger partial charge in [0, 0.05) is 10.8 Å². The van der Waals surface area contributed by atoms with Gasteiger partial charge in [0.15, 0.2) is 5.76 Å². The van der Waals surface area contributed by atoms with Crippen LogP contribution in [0.15, 0.2) is 39.1 Å². The molecule has 1 amide bonds. The summed E-state index contributed by atoms with van der Waals surface area (Å²) in [4.78, 5) is 12.8. The second kappa shape index (κ2) is 8.32. The minimum Gasteiger partial charge on any atom is -0.354 e. The van der Waals surface area contributed by atoms with E-state index in [9.17, 15) is 13.2 Å². The van der Waals surface area contributed by atoms with Crippen LogP contribution in [0.25, 0.3) is 12.2 Å². The summed E-state index contributed by atoms with van der Waals surface area (Å²) in [6, 6.07) is 8.80. The highest BCUT2D eigenvalue weighted by molar-refractivity contribution is 7.94. The summed E-state index contributed by atoms with van der Waals surface area (Å²) in [6.07, 6.45) is 5.24. The van der Waals surface area contributed by atoms with E-state index >= 15 is 0 Å². The zero-order valence-electron chi connectivity index (χ0n) is 17.4. The third-order valence-corrected chi connectivity index (χ3v) is 8.11. The summed E-state index contributed by atoms with van der Waals surface area (Å²) >= 11 is 1.14. The monoisotopic (exact) mass is 457 g/mol. The van der Waals surface area contributed by atoms with Crippen LogP contribution in [-0.2, 0) is 14.8 Å². The van der Waals surface area contributed by atoms with Crippen molar-refractivity contribution < 1.29 is 17.7 Å². The smallest absolute Gasteiger partial charge is 0.271 e. The number of nitrogens with zero attached hydrogens (tertiary/aromatic N) is 1. The Kier molecular flexibility index (Phi) is 5.72. The molecule has 1 aromatic carbocycles. The number of aryl methyl sites for hydroxylation is 2. The first-order valence-corrected chi connectivity index (χ1v) is 12.2. The number of thiophene rings is 1. The average Bonchev–Trinajstić information content (AvgIpc) is 3.37. The van der Waals surface area contributed by atoms with E-state index in [0.29, 0.717) is 22.8 Å². The summed E-state index contributed by atoms with van der Waals surface area (Å²) in [5.74, 6) is 0.474. The molecule has 0 unspecified atom stereocenters. The van der Waals surface area contributed by atoms with E-state index in [1.165, 1.54) is 0 Å². The molecule has 0 atom stereocenters. The maximum atomic E-state index is 12.8. The molecule has 162 valence electrons. The molecule has 0 spiro atoms. The number of sulfonamides is 1. The molecule has 1 fully saturated rings. The Balaban J connectivity index is 1.51. The number of amides is 1. The molecule has 7 nitrogen and oxygen atoms in total. The summed E-state index contributed by atoms with van der Waals surface area (Å²) in [5.41, 5.74) is 3.62. The molecular weight excluding hydrogens is 434 g/mol. The zero-order valence-corrected chi connectivity index (χ0v) is 19.1. The highest BCUT2D eigenvalue weighted by Crippen LogP contribution is 2.32. The molecule has 4 rings (SSSR count). The summed E-state index contributed by atoms with van der Waals surface area (Å²) in [5, 5.41) is 6.80. The fourth-order valence-corrected chi connectivity index (χ4v) is 5.36. The molecule has 2 aromatic heterocycles. The van der Waals surface area contributed by atoms with Crippen LogP contribution >= 0.6 is 11.3 Å². The molecule has 0 aliphatic heterocycles. The van der Waals surface area contributed by atoms with Crippen LogP contribution in [0.5, 0.6) is 0 Å². The molecule has 0 radical (unpaired) electrons. The van der Waals surface area contributed by atoms with Crippen LogP contribution in [-0.4, -0.2) is 19.5 Å². The Morgan fingerprint density at radius 1 is 1.16 bits per heavy atom. The van der Waals surface area contributed by atoms with Gasteiger partial charge in [-0.25, -0.2) is 8.42 Å². The number of aromatic nitrogens is 1. The predicted molar refractivity (Wildman–Crippen MR) is 123 cm³/mol. The largest absolute Gasteiger partial charge is 0.354 e. The summed E-state index contributed by atoms with van der Waals surface area (Å²) in [6.45, 7) is 5.58. The maximum absolute atomic E-state index is 12.8. The fraction of sp³-hybridized carbons (Fsp3) is 0.273. The minimum absolute atomic E-state index is 0.0250. The Morgan fingerprint density at radius 3 is 2.68 bits per heavy atom. The number of nitrogens with one attached hydrogen (secondary N) is 2. The number of carbonyl (C=O) groups excluding carboxylic acids is 1. The predicted octanol–water partition coefficient (Wildman–Crippen LogP) is 4.98. The van der Waals surface area contributed by atoms with E-state index in [4.69, 9.17) is 4.52 Å². The molecule has 1 saturated carbocycles. The Bertz CT molecular complexity index is 1270. The van der Waals surface area contributed by atoms with Crippen LogP contribution in [0.1, 0.15) is 40.3 Å². The van der Waals surface area contributed by atoms with Crippen molar-refractivity contribution in [1.82, 2.24) is 5.16 Å². The first kappa shape index (κ1) is 21.3. The molecule has 1 aliphatic rings. The number of benzene rings is 1. The van der Waals surface area contributed by atoms with Gasteiger partial charge in [0.2, 0.25) is 5.91 Å². The third-order valence-electron chi connectivity index (χ3n) is 5.20. The highest BCUT2D eigenvalue weighted by atomic mass is 32.2. The number of carbonyl (C=O) groups is 1. The van der Waals surface area contributed by atoms with E-state index in [0.717, 1.165) is 40.2 Å². The quantitative estimate of drug-likeness (QED) is 0.521. The van der Waals surface area contributed by atoms with Gasteiger partial charge in [-0.15, -0.1) is 11.3 Å². The first-order chi connectivity index (χ1) is 14.7. The van der Waals surface area contributed by atoms with Gasteiger partial charge in [0.05, 0.1) is 5.69 Å². The van der Waals surface area contributed by atoms with E-state index in [1.54, 1.807) is 37.3 Å². The van der Waals surface area contributed by atoms with Crippen LogP contribution in [0, 0.1) is 26.7 Å². The highest BCUT2D eigenvalue weighted by Gasteiger charge is 2.30. The van der Waals surface area contributed by atoms with Crippen molar-refractivity contribution >= 4 is 50.8 Å². The maximum Gasteiger partial charge on any atom is 0.271 e. The number of hydrogen-bond acceptors (Lipinski definition) is 6. The van der Waals surface area contributed by atoms with Crippen molar-refractivity contribution in [3.05, 3.63) is 57.8 Å². The van der Waals surface area contributed by atoms with Gasteiger partial charge in [-0.05, 0) is 75.1 Å². The minimum atomic E-state index is -3.70. The van der Waals surface area contributed by atoms with Crippen molar-refractivity contribution in [1.29, 1.82) is 0 Å². The van der Waals surface area contributed by atoms with Gasteiger partial charge in [0.1, 0.15) is 15.6 Å². The molecule has 1 aliphatic carbocycles. The number of hydrogen-bond donors (Lipinski definition) is 2. The Morgan fingerprint density at radius 2 is 1.94 bits per heavy atom. The molecule has 2 N–H and O–H groups in total. The normalized spacial score (nSPS) is 14.2. The molecular formula is C22H23N3O4S2. The second-order valence-electron chi connectivity index (χ2n) is 7.61. The Hall–Kier alpha value is -2.91. The molecule has 9 heteroatoms. The van der Waals surface area contributed by atoms with Crippen LogP contribution in [0.2, 0.25) is 0 Å². The second-order valence-corrected chi connectivity index (χ2v) is 10.6. The lowest BCUT2D eigenvalue weighted by Gasteiger charge is -2.10. The Labute approximate surface area is 185 Å². The van der Waals surface area contributed by atoms with Crippen LogP contribution in [0.3, 0.4) is 0 Å². The van der Waals surface area contributed by atoms with Crippen molar-refractivity contribution in [3.8, 4) is 0 Å². The van der Waals surface area contributed by atoms with E-state index in [2.05, 4.69) is 15.2 Å². The fourth-order valence-electron chi connectivity index (χ4n) is 3.01. The standard InChI is InChI=1S/C22H23N3O4S2/c1-13-5-4-6-18(14(13)2)25-31(27,28)20-12-10-17(30-20)9-11-19-21(15(3)24-29-19)23-22(26)16-7-8-16/h4-6,9-12,16,25H,7-8H2,1-3H3,(H,23,26)/b11-9+. The molecule has 31 heavy (non-hydrogen) atoms. The lowest BCUT2D eigenvalue weighted by molar-refractivity contribution is -0.117. The van der Waals surface area contributed by atoms with E-state index < -0.39 is 10.0 Å². The molecule has 0 saturated heterocycles. The van der Waals surface area contributed by atoms with Gasteiger partial charge in [-0.3, -0.25) is 9.52 Å². The molecule has 2 heterocycles. The molecule has 0 bridgehead atoms. The van der Waals surface area contributed by atoms with E-state index in [-0.39, 0.29) is 16.0 Å². The van der Waals surface area contributed by atoms with Gasteiger partial charge in [-0.1, -0.05) is 17.3 Å². The summed E-state index contributed by atoms with van der Waals surface area (Å²) in [7, 11) is -3.70. The SMILES string of the molecule is Cc1cccc(NS(=O)(=O)c2ccc(/C=C/c3onc(C)c3NC(=O)C3CC3)s2)c1C. The summed E-state index contributed by atoms with van der Waals surface area (Å²) < 4.78 is 33.8. The third kappa shape index (κ3) is 4.72. The lowest BCUT2D eigenvalue weighted by Crippen LogP contribution is -2.14. The zero-order chi connectivity index (χ0) is 22.2. The lowest BCUT2D eigenvalue weighted by atomic mass is 10.1. The van der Waals surface area contributed by atoms with Gasteiger partial charge in [0.25, 0.3) is 10.0 Å². The van der Waals surface area contributed by atoms with Gasteiger partial charge < -0.3 is 9.84 Å². The van der Waals surface area contributed by atoms with Crippen LogP contribution in [0.4, 0.5) is 11.4 Å². The van der Waals surface area contributed by atoms with Crippen molar-refractivity contribution in [2.75, 3.05) is 10.0 Å². The topological polar surface area (TPSA) is 101 Å². The van der Waals surface area contributed by atoms with Gasteiger partial charge in [-0.2, -0.15) is 0 Å². The van der Waals surface area contributed by atoms with Gasteiger partial charge >= 0.3 is 0 Å². The van der Waals surface area contributed by atoms with E-state index in [1.807, 2.05) is 26.0 Å². The molecule has 3 aromatic rings.